The second-order valence-electron chi connectivity index (χ2n) is 2.80. The molecule has 0 aromatic carbocycles. The number of methoxy groups -OCH3 is 1. The lowest BCUT2D eigenvalue weighted by Gasteiger charge is -2.01. The molecule has 0 aliphatic rings. The van der Waals surface area contributed by atoms with Crippen LogP contribution >= 0.6 is 11.3 Å². The zero-order chi connectivity index (χ0) is 11.3. The summed E-state index contributed by atoms with van der Waals surface area (Å²) in [5.74, 6) is 0. The fraction of sp³-hybridized carbons (Fsp3) is 0.625. The molecule has 1 aromatic rings. The normalized spacial score (nSPS) is 11.7. The van der Waals surface area contributed by atoms with Gasteiger partial charge in [-0.3, -0.25) is 0 Å². The Morgan fingerprint density at radius 2 is 2.27 bits per heavy atom. The monoisotopic (exact) mass is 240 g/mol. The summed E-state index contributed by atoms with van der Waals surface area (Å²) in [4.78, 5) is 2.94. The molecule has 15 heavy (non-hydrogen) atoms. The summed E-state index contributed by atoms with van der Waals surface area (Å²) < 4.78 is 41.3. The Kier molecular flexibility index (Phi) is 4.34. The number of nitrogens with one attached hydrogen (secondary N) is 1. The molecule has 3 nitrogen and oxygen atoms in total. The first kappa shape index (κ1) is 12.3. The Hall–Kier alpha value is -0.820. The van der Waals surface area contributed by atoms with Crippen LogP contribution in [0.3, 0.4) is 0 Å². The first-order valence-electron chi connectivity index (χ1n) is 4.30. The summed E-state index contributed by atoms with van der Waals surface area (Å²) in [6.45, 7) is 1.13. The number of hydrogen-bond acceptors (Lipinski definition) is 4. The van der Waals surface area contributed by atoms with Gasteiger partial charge in [0.25, 0.3) is 0 Å². The van der Waals surface area contributed by atoms with E-state index in [0.717, 1.165) is 12.6 Å². The van der Waals surface area contributed by atoms with Crippen molar-refractivity contribution >= 4 is 16.5 Å². The molecule has 0 fully saturated rings. The fourth-order valence-corrected chi connectivity index (χ4v) is 1.61. The van der Waals surface area contributed by atoms with Gasteiger partial charge in [0.05, 0.1) is 6.20 Å². The lowest BCUT2D eigenvalue weighted by molar-refractivity contribution is -0.134. The molecule has 0 saturated heterocycles. The minimum Gasteiger partial charge on any atom is -0.385 e. The Morgan fingerprint density at radius 3 is 2.80 bits per heavy atom. The fourth-order valence-electron chi connectivity index (χ4n) is 0.899. The minimum atomic E-state index is -4.30. The van der Waals surface area contributed by atoms with Crippen molar-refractivity contribution in [3.05, 3.63) is 11.1 Å². The molecule has 0 radical (unpaired) electrons. The highest BCUT2D eigenvalue weighted by Gasteiger charge is 2.33. The average molecular weight is 240 g/mol. The molecule has 1 heterocycles. The SMILES string of the molecule is COCCCNc1ncc(C(F)(F)F)s1. The van der Waals surface area contributed by atoms with Gasteiger partial charge in [0.1, 0.15) is 4.88 Å². The van der Waals surface area contributed by atoms with Crippen LogP contribution in [-0.4, -0.2) is 25.2 Å². The first-order valence-corrected chi connectivity index (χ1v) is 5.11. The van der Waals surface area contributed by atoms with Gasteiger partial charge in [-0.2, -0.15) is 13.2 Å². The molecule has 0 amide bonds. The number of aromatic nitrogens is 1. The quantitative estimate of drug-likeness (QED) is 0.803. The van der Waals surface area contributed by atoms with Crippen molar-refractivity contribution in [2.24, 2.45) is 0 Å². The summed E-state index contributed by atoms with van der Waals surface area (Å²) in [6.07, 6.45) is -2.73. The number of nitrogens with zero attached hydrogens (tertiary/aromatic N) is 1. The van der Waals surface area contributed by atoms with Crippen LogP contribution < -0.4 is 5.32 Å². The van der Waals surface area contributed by atoms with Crippen LogP contribution in [0.4, 0.5) is 18.3 Å². The Morgan fingerprint density at radius 1 is 1.53 bits per heavy atom. The summed E-state index contributed by atoms with van der Waals surface area (Å²) in [6, 6.07) is 0. The van der Waals surface area contributed by atoms with E-state index in [2.05, 4.69) is 10.3 Å². The lowest BCUT2D eigenvalue weighted by Crippen LogP contribution is -2.04. The van der Waals surface area contributed by atoms with Crippen LogP contribution in [0.2, 0.25) is 0 Å². The van der Waals surface area contributed by atoms with Crippen molar-refractivity contribution < 1.29 is 17.9 Å². The van der Waals surface area contributed by atoms with Gasteiger partial charge in [-0.15, -0.1) is 0 Å². The summed E-state index contributed by atoms with van der Waals surface area (Å²) in [5, 5.41) is 3.09. The van der Waals surface area contributed by atoms with E-state index in [0.29, 0.717) is 29.6 Å². The van der Waals surface area contributed by atoms with Crippen molar-refractivity contribution in [2.75, 3.05) is 25.6 Å². The topological polar surface area (TPSA) is 34.1 Å². The predicted octanol–water partition coefficient (Wildman–Crippen LogP) is 2.61. The van der Waals surface area contributed by atoms with Gasteiger partial charge >= 0.3 is 6.18 Å². The number of halogens is 3. The molecule has 0 bridgehead atoms. The van der Waals surface area contributed by atoms with Crippen LogP contribution in [-0.2, 0) is 10.9 Å². The summed E-state index contributed by atoms with van der Waals surface area (Å²) >= 11 is 0.610. The molecule has 1 rings (SSSR count). The molecule has 0 atom stereocenters. The van der Waals surface area contributed by atoms with Crippen molar-refractivity contribution in [1.29, 1.82) is 0 Å². The smallest absolute Gasteiger partial charge is 0.385 e. The largest absolute Gasteiger partial charge is 0.427 e. The van der Waals surface area contributed by atoms with Gasteiger partial charge < -0.3 is 10.1 Å². The maximum Gasteiger partial charge on any atom is 0.427 e. The van der Waals surface area contributed by atoms with E-state index in [9.17, 15) is 13.2 Å². The van der Waals surface area contributed by atoms with E-state index in [1.54, 1.807) is 7.11 Å². The first-order chi connectivity index (χ1) is 7.04. The van der Waals surface area contributed by atoms with Crippen LogP contribution in [0.5, 0.6) is 0 Å². The Balaban J connectivity index is 2.40. The van der Waals surface area contributed by atoms with Gasteiger partial charge in [-0.25, -0.2) is 4.98 Å². The van der Waals surface area contributed by atoms with E-state index in [-0.39, 0.29) is 0 Å². The van der Waals surface area contributed by atoms with Crippen molar-refractivity contribution in [1.82, 2.24) is 4.98 Å². The minimum absolute atomic E-state index is 0.290. The molecular weight excluding hydrogens is 229 g/mol. The van der Waals surface area contributed by atoms with Crippen LogP contribution in [0.15, 0.2) is 6.20 Å². The van der Waals surface area contributed by atoms with Crippen molar-refractivity contribution in [3.8, 4) is 0 Å². The van der Waals surface area contributed by atoms with Crippen LogP contribution in [0, 0.1) is 0 Å². The Bertz CT molecular complexity index is 300. The molecule has 1 aromatic heterocycles. The highest BCUT2D eigenvalue weighted by atomic mass is 32.1. The van der Waals surface area contributed by atoms with E-state index in [4.69, 9.17) is 4.74 Å². The number of thiazole rings is 1. The average Bonchev–Trinajstić information content (AvgIpc) is 2.60. The van der Waals surface area contributed by atoms with E-state index in [1.165, 1.54) is 0 Å². The number of anilines is 1. The third-order valence-electron chi connectivity index (χ3n) is 1.59. The van der Waals surface area contributed by atoms with E-state index >= 15 is 0 Å². The van der Waals surface area contributed by atoms with Gasteiger partial charge in [-0.1, -0.05) is 11.3 Å². The number of alkyl halides is 3. The Labute approximate surface area is 89.3 Å². The maximum atomic E-state index is 12.2. The lowest BCUT2D eigenvalue weighted by atomic mass is 10.4. The number of ether oxygens (including phenoxy) is 1. The molecule has 0 spiro atoms. The molecule has 0 aliphatic heterocycles. The van der Waals surface area contributed by atoms with Gasteiger partial charge in [0.2, 0.25) is 0 Å². The van der Waals surface area contributed by atoms with Gasteiger partial charge in [0, 0.05) is 20.3 Å². The van der Waals surface area contributed by atoms with Crippen molar-refractivity contribution in [3.63, 3.8) is 0 Å². The molecule has 0 aliphatic carbocycles. The van der Waals surface area contributed by atoms with E-state index < -0.39 is 11.1 Å². The van der Waals surface area contributed by atoms with E-state index in [1.807, 2.05) is 0 Å². The predicted molar refractivity (Wildman–Crippen MR) is 52.1 cm³/mol. The van der Waals surface area contributed by atoms with Gasteiger partial charge in [0.15, 0.2) is 5.13 Å². The number of rotatable bonds is 5. The zero-order valence-electron chi connectivity index (χ0n) is 8.10. The molecule has 0 saturated carbocycles. The van der Waals surface area contributed by atoms with Crippen molar-refractivity contribution in [2.45, 2.75) is 12.6 Å². The second kappa shape index (κ2) is 5.32. The molecule has 7 heteroatoms. The third-order valence-corrected chi connectivity index (χ3v) is 2.59. The molecule has 1 N–H and O–H groups in total. The standard InChI is InChI=1S/C8H11F3N2OS/c1-14-4-2-3-12-7-13-5-6(15-7)8(9,10)11/h5H,2-4H2,1H3,(H,12,13). The van der Waals surface area contributed by atoms with Crippen LogP contribution in [0.25, 0.3) is 0 Å². The maximum absolute atomic E-state index is 12.2. The summed E-state index contributed by atoms with van der Waals surface area (Å²) in [7, 11) is 1.57. The number of hydrogen-bond donors (Lipinski definition) is 1. The highest BCUT2D eigenvalue weighted by molar-refractivity contribution is 7.15. The zero-order valence-corrected chi connectivity index (χ0v) is 8.91. The highest BCUT2D eigenvalue weighted by Crippen LogP contribution is 2.34. The molecule has 86 valence electrons. The second-order valence-corrected chi connectivity index (χ2v) is 3.83. The third kappa shape index (κ3) is 4.05. The summed E-state index contributed by atoms with van der Waals surface area (Å²) in [5.41, 5.74) is 0. The molecular formula is C8H11F3N2OS. The molecule has 0 unspecified atom stereocenters. The van der Waals surface area contributed by atoms with Crippen LogP contribution in [0.1, 0.15) is 11.3 Å². The van der Waals surface area contributed by atoms with Gasteiger partial charge in [-0.05, 0) is 6.42 Å².